The van der Waals surface area contributed by atoms with Gasteiger partial charge in [-0.2, -0.15) is 5.10 Å². The van der Waals surface area contributed by atoms with Gasteiger partial charge in [-0.05, 0) is 55.2 Å². The van der Waals surface area contributed by atoms with Gasteiger partial charge in [0.1, 0.15) is 17.3 Å². The van der Waals surface area contributed by atoms with Crippen LogP contribution in [0, 0.1) is 12.8 Å². The van der Waals surface area contributed by atoms with Gasteiger partial charge in [0, 0.05) is 10.9 Å². The number of aryl methyl sites for hydroxylation is 1. The summed E-state index contributed by atoms with van der Waals surface area (Å²) in [5.41, 5.74) is 3.29. The number of carbonyl (C=O) groups excluding carboxylic acids is 1. The molecule has 1 fully saturated rings. The normalized spacial score (nSPS) is 19.5. The summed E-state index contributed by atoms with van der Waals surface area (Å²) in [6.45, 7) is 3.94. The Morgan fingerprint density at radius 1 is 1.46 bits per heavy atom. The molecule has 0 spiro atoms. The molecule has 1 aliphatic carbocycles. The minimum absolute atomic E-state index is 0.122. The molecule has 0 saturated heterocycles. The first-order valence-corrected chi connectivity index (χ1v) is 8.21. The molecule has 1 aromatic heterocycles. The summed E-state index contributed by atoms with van der Waals surface area (Å²) < 4.78 is 11.1. The van der Waals surface area contributed by atoms with Crippen molar-refractivity contribution in [2.75, 3.05) is 6.61 Å². The fourth-order valence-corrected chi connectivity index (χ4v) is 2.70. The van der Waals surface area contributed by atoms with Gasteiger partial charge < -0.3 is 9.15 Å². The van der Waals surface area contributed by atoms with Crippen LogP contribution in [0.2, 0.25) is 5.02 Å². The van der Waals surface area contributed by atoms with Crippen molar-refractivity contribution in [1.82, 2.24) is 5.43 Å². The first kappa shape index (κ1) is 16.6. The van der Waals surface area contributed by atoms with E-state index in [1.807, 2.05) is 19.1 Å². The zero-order valence-corrected chi connectivity index (χ0v) is 14.3. The van der Waals surface area contributed by atoms with Crippen LogP contribution >= 0.6 is 11.6 Å². The second-order valence-corrected chi connectivity index (χ2v) is 6.49. The monoisotopic (exact) mass is 346 g/mol. The number of hydrazone groups is 1. The number of benzene rings is 1. The molecule has 1 amide bonds. The Morgan fingerprint density at radius 2 is 2.25 bits per heavy atom. The lowest BCUT2D eigenvalue weighted by atomic mass is 10.2. The number of nitrogens with zero attached hydrogens (tertiary/aromatic N) is 1. The summed E-state index contributed by atoms with van der Waals surface area (Å²) in [6, 6.07) is 9.04. The third kappa shape index (κ3) is 4.17. The molecule has 6 heteroatoms. The number of nitrogens with one attached hydrogen (secondary N) is 1. The molecule has 0 unspecified atom stereocenters. The predicted molar refractivity (Wildman–Crippen MR) is 92.7 cm³/mol. The predicted octanol–water partition coefficient (Wildman–Crippen LogP) is 3.89. The smallest absolute Gasteiger partial charge is 0.277 e. The molecule has 2 atom stereocenters. The van der Waals surface area contributed by atoms with Gasteiger partial charge in [0.25, 0.3) is 5.91 Å². The fraction of sp³-hybridized carbons (Fsp3) is 0.333. The molecule has 24 heavy (non-hydrogen) atoms. The average molecular weight is 347 g/mol. The topological polar surface area (TPSA) is 63.8 Å². The van der Waals surface area contributed by atoms with Crippen molar-refractivity contribution < 1.29 is 13.9 Å². The summed E-state index contributed by atoms with van der Waals surface area (Å²) in [5.74, 6) is 3.10. The Kier molecular flexibility index (Phi) is 4.90. The van der Waals surface area contributed by atoms with Gasteiger partial charge in [-0.1, -0.05) is 18.5 Å². The molecule has 3 rings (SSSR count). The molecule has 0 radical (unpaired) electrons. The van der Waals surface area contributed by atoms with E-state index in [-0.39, 0.29) is 12.5 Å². The maximum absolute atomic E-state index is 11.7. The summed E-state index contributed by atoms with van der Waals surface area (Å²) in [6.07, 6.45) is 2.66. The Hall–Kier alpha value is -2.27. The van der Waals surface area contributed by atoms with Gasteiger partial charge in [-0.25, -0.2) is 5.43 Å². The lowest BCUT2D eigenvalue weighted by Gasteiger charge is -2.08. The molecule has 1 N–H and O–H groups in total. The molecule has 1 heterocycles. The van der Waals surface area contributed by atoms with E-state index in [0.29, 0.717) is 28.4 Å². The third-order valence-electron chi connectivity index (χ3n) is 4.00. The molecule has 1 aliphatic rings. The number of hydrogen-bond donors (Lipinski definition) is 1. The van der Waals surface area contributed by atoms with Gasteiger partial charge in [0.2, 0.25) is 0 Å². The van der Waals surface area contributed by atoms with Gasteiger partial charge >= 0.3 is 0 Å². The molecule has 0 bridgehead atoms. The third-order valence-corrected chi connectivity index (χ3v) is 4.23. The van der Waals surface area contributed by atoms with E-state index in [0.717, 1.165) is 11.3 Å². The lowest BCUT2D eigenvalue weighted by Crippen LogP contribution is -2.24. The highest BCUT2D eigenvalue weighted by atomic mass is 35.5. The summed E-state index contributed by atoms with van der Waals surface area (Å²) in [4.78, 5) is 11.7. The summed E-state index contributed by atoms with van der Waals surface area (Å²) >= 11 is 5.88. The molecular formula is C18H19ClN2O3. The van der Waals surface area contributed by atoms with Crippen LogP contribution in [0.25, 0.3) is 0 Å². The van der Waals surface area contributed by atoms with Crippen LogP contribution in [-0.2, 0) is 4.79 Å². The highest BCUT2D eigenvalue weighted by molar-refractivity contribution is 6.30. The van der Waals surface area contributed by atoms with Crippen molar-refractivity contribution in [1.29, 1.82) is 0 Å². The Balaban J connectivity index is 1.45. The second-order valence-electron chi connectivity index (χ2n) is 6.05. The highest BCUT2D eigenvalue weighted by Gasteiger charge is 2.36. The van der Waals surface area contributed by atoms with Gasteiger partial charge in [-0.3, -0.25) is 4.79 Å². The fourth-order valence-electron chi connectivity index (χ4n) is 2.47. The van der Waals surface area contributed by atoms with E-state index in [9.17, 15) is 4.79 Å². The number of halogens is 1. The van der Waals surface area contributed by atoms with E-state index >= 15 is 0 Å². The SMILES string of the molecule is Cc1cc(Cl)ccc1OCC(=O)N/N=C\c1ccc([C@H]2C[C@@H]2C)o1. The number of amides is 1. The first-order chi connectivity index (χ1) is 11.5. The largest absolute Gasteiger partial charge is 0.483 e. The van der Waals surface area contributed by atoms with Crippen molar-refractivity contribution in [3.05, 3.63) is 52.4 Å². The number of carbonyl (C=O) groups is 1. The Labute approximate surface area is 145 Å². The molecule has 126 valence electrons. The molecule has 1 saturated carbocycles. The van der Waals surface area contributed by atoms with Gasteiger partial charge in [0.15, 0.2) is 6.61 Å². The highest BCUT2D eigenvalue weighted by Crippen LogP contribution is 2.47. The van der Waals surface area contributed by atoms with Crippen LogP contribution in [0.4, 0.5) is 0 Å². The van der Waals surface area contributed by atoms with Crippen LogP contribution in [0.15, 0.2) is 39.9 Å². The number of ether oxygens (including phenoxy) is 1. The van der Waals surface area contributed by atoms with Crippen LogP contribution in [-0.4, -0.2) is 18.7 Å². The zero-order valence-electron chi connectivity index (χ0n) is 13.6. The zero-order chi connectivity index (χ0) is 17.1. The van der Waals surface area contributed by atoms with E-state index in [4.69, 9.17) is 20.8 Å². The molecular weight excluding hydrogens is 328 g/mol. The van der Waals surface area contributed by atoms with Crippen molar-refractivity contribution >= 4 is 23.7 Å². The van der Waals surface area contributed by atoms with Crippen LogP contribution < -0.4 is 10.2 Å². The molecule has 0 aliphatic heterocycles. The van der Waals surface area contributed by atoms with Crippen molar-refractivity contribution in [3.8, 4) is 5.75 Å². The van der Waals surface area contributed by atoms with E-state index in [2.05, 4.69) is 17.5 Å². The average Bonchev–Trinajstić information content (AvgIpc) is 3.08. The van der Waals surface area contributed by atoms with Crippen LogP contribution in [0.3, 0.4) is 0 Å². The summed E-state index contributed by atoms with van der Waals surface area (Å²) in [5, 5.41) is 4.51. The molecule has 2 aromatic rings. The van der Waals surface area contributed by atoms with Crippen molar-refractivity contribution in [2.45, 2.75) is 26.2 Å². The van der Waals surface area contributed by atoms with Gasteiger partial charge in [0.05, 0.1) is 6.21 Å². The minimum atomic E-state index is -0.344. The second kappa shape index (κ2) is 7.09. The Bertz CT molecular complexity index is 769. The number of rotatable bonds is 6. The molecule has 5 nitrogen and oxygen atoms in total. The minimum Gasteiger partial charge on any atom is -0.483 e. The maximum atomic E-state index is 11.7. The number of furan rings is 1. The van der Waals surface area contributed by atoms with Crippen molar-refractivity contribution in [2.24, 2.45) is 11.0 Å². The summed E-state index contributed by atoms with van der Waals surface area (Å²) in [7, 11) is 0. The van der Waals surface area contributed by atoms with Gasteiger partial charge in [-0.15, -0.1) is 0 Å². The Morgan fingerprint density at radius 3 is 2.96 bits per heavy atom. The van der Waals surface area contributed by atoms with Crippen LogP contribution in [0.1, 0.15) is 36.3 Å². The molecule has 1 aromatic carbocycles. The number of hydrogen-bond acceptors (Lipinski definition) is 4. The lowest BCUT2D eigenvalue weighted by molar-refractivity contribution is -0.123. The standard InChI is InChI=1S/C18H19ClN2O3/c1-11-8-15(11)17-6-4-14(24-17)9-20-21-18(22)10-23-16-5-3-13(19)7-12(16)2/h3-7,9,11,15H,8,10H2,1-2H3,(H,21,22)/b20-9-/t11-,15-/m0/s1. The first-order valence-electron chi connectivity index (χ1n) is 7.83. The maximum Gasteiger partial charge on any atom is 0.277 e. The van der Waals surface area contributed by atoms with E-state index in [1.54, 1.807) is 18.2 Å². The van der Waals surface area contributed by atoms with E-state index < -0.39 is 0 Å². The van der Waals surface area contributed by atoms with Crippen LogP contribution in [0.5, 0.6) is 5.75 Å². The van der Waals surface area contributed by atoms with Crippen molar-refractivity contribution in [3.63, 3.8) is 0 Å². The quantitative estimate of drug-likeness (QED) is 0.637. The van der Waals surface area contributed by atoms with E-state index in [1.165, 1.54) is 12.6 Å².